The van der Waals surface area contributed by atoms with Crippen molar-refractivity contribution in [3.05, 3.63) is 63.6 Å². The molecule has 1 spiro atoms. The van der Waals surface area contributed by atoms with Gasteiger partial charge >= 0.3 is 0 Å². The largest absolute Gasteiger partial charge is 0.366 e. The lowest BCUT2D eigenvalue weighted by Gasteiger charge is -2.29. The summed E-state index contributed by atoms with van der Waals surface area (Å²) in [4.78, 5) is 15.6. The topological polar surface area (TPSA) is 23.6 Å². The Morgan fingerprint density at radius 1 is 1.04 bits per heavy atom. The number of carbonyl (C=O) groups is 1. The third kappa shape index (κ3) is 3.19. The summed E-state index contributed by atoms with van der Waals surface area (Å²) >= 11 is 12.3. The van der Waals surface area contributed by atoms with Crippen molar-refractivity contribution in [1.82, 2.24) is 4.90 Å². The van der Waals surface area contributed by atoms with Crippen LogP contribution >= 0.6 is 23.2 Å². The summed E-state index contributed by atoms with van der Waals surface area (Å²) < 4.78 is 0. The number of benzene rings is 2. The Balaban J connectivity index is 1.64. The number of fused-ring (bicyclic) bond motifs is 2. The number of hydrogen-bond acceptors (Lipinski definition) is 2. The first-order valence-electron chi connectivity index (χ1n) is 9.09. The van der Waals surface area contributed by atoms with Gasteiger partial charge < -0.3 is 9.80 Å². The highest BCUT2D eigenvalue weighted by Gasteiger charge is 2.43. The first-order chi connectivity index (χ1) is 12.6. The summed E-state index contributed by atoms with van der Waals surface area (Å²) in [5, 5.41) is 1.19. The van der Waals surface area contributed by atoms with Gasteiger partial charge in [-0.25, -0.2) is 0 Å². The number of para-hydroxylation sites is 1. The normalized spacial score (nSPS) is 22.4. The molecule has 0 aromatic heterocycles. The molecule has 4 rings (SSSR count). The molecule has 1 atom stereocenters. The quantitative estimate of drug-likeness (QED) is 0.698. The van der Waals surface area contributed by atoms with Crippen LogP contribution in [0.4, 0.5) is 5.69 Å². The molecule has 0 radical (unpaired) electrons. The molecular weight excluding hydrogens is 367 g/mol. The third-order valence-electron chi connectivity index (χ3n) is 5.79. The van der Waals surface area contributed by atoms with Crippen molar-refractivity contribution < 1.29 is 4.79 Å². The molecule has 2 aliphatic rings. The van der Waals surface area contributed by atoms with Crippen molar-refractivity contribution >= 4 is 35.3 Å². The summed E-state index contributed by atoms with van der Waals surface area (Å²) in [6.07, 6.45) is 4.17. The molecular formula is C21H22Cl2N2O. The monoisotopic (exact) mass is 388 g/mol. The Labute approximate surface area is 164 Å². The molecule has 2 aliphatic heterocycles. The average Bonchev–Trinajstić information content (AvgIpc) is 2.80. The van der Waals surface area contributed by atoms with Gasteiger partial charge in [0.15, 0.2) is 0 Å². The van der Waals surface area contributed by atoms with Gasteiger partial charge in [0.2, 0.25) is 6.41 Å². The minimum Gasteiger partial charge on any atom is -0.366 e. The van der Waals surface area contributed by atoms with E-state index in [9.17, 15) is 4.79 Å². The van der Waals surface area contributed by atoms with E-state index < -0.39 is 0 Å². The Bertz CT molecular complexity index is 825. The van der Waals surface area contributed by atoms with Gasteiger partial charge in [-0.3, -0.25) is 4.79 Å². The van der Waals surface area contributed by atoms with Crippen molar-refractivity contribution in [1.29, 1.82) is 0 Å². The Hall–Kier alpha value is -1.71. The van der Waals surface area contributed by atoms with E-state index >= 15 is 0 Å². The van der Waals surface area contributed by atoms with Crippen molar-refractivity contribution in [2.45, 2.75) is 31.2 Å². The van der Waals surface area contributed by atoms with Gasteiger partial charge in [0.25, 0.3) is 0 Å². The maximum Gasteiger partial charge on any atom is 0.209 e. The second-order valence-electron chi connectivity index (χ2n) is 7.40. The number of nitrogens with zero attached hydrogens (tertiary/aromatic N) is 2. The molecule has 2 aromatic carbocycles. The van der Waals surface area contributed by atoms with Gasteiger partial charge in [-0.15, -0.1) is 0 Å². The molecule has 3 nitrogen and oxygen atoms in total. The zero-order chi connectivity index (χ0) is 18.1. The molecule has 0 N–H and O–H groups in total. The number of likely N-dealkylation sites (tertiary alicyclic amines) is 1. The van der Waals surface area contributed by atoms with Crippen LogP contribution in [0.2, 0.25) is 10.0 Å². The highest BCUT2D eigenvalue weighted by atomic mass is 35.5. The zero-order valence-electron chi connectivity index (χ0n) is 14.6. The number of halogens is 2. The third-order valence-corrected chi connectivity index (χ3v) is 6.53. The minimum atomic E-state index is 0.130. The van der Waals surface area contributed by atoms with E-state index in [0.717, 1.165) is 57.4 Å². The van der Waals surface area contributed by atoms with Crippen LogP contribution in [-0.4, -0.2) is 30.9 Å². The van der Waals surface area contributed by atoms with Gasteiger partial charge in [0, 0.05) is 37.3 Å². The first kappa shape index (κ1) is 17.7. The van der Waals surface area contributed by atoms with Gasteiger partial charge in [-0.2, -0.15) is 0 Å². The summed E-state index contributed by atoms with van der Waals surface area (Å²) in [5.74, 6) is 0. The summed E-state index contributed by atoms with van der Waals surface area (Å²) in [6.45, 7) is 3.49. The second-order valence-corrected chi connectivity index (χ2v) is 8.21. The molecule has 136 valence electrons. The van der Waals surface area contributed by atoms with Crippen LogP contribution < -0.4 is 4.90 Å². The lowest BCUT2D eigenvalue weighted by molar-refractivity contribution is -0.118. The van der Waals surface area contributed by atoms with Crippen LogP contribution in [0.15, 0.2) is 42.5 Å². The molecule has 2 heterocycles. The zero-order valence-corrected chi connectivity index (χ0v) is 16.1. The molecule has 1 fully saturated rings. The highest BCUT2D eigenvalue weighted by molar-refractivity contribution is 6.42. The van der Waals surface area contributed by atoms with Crippen LogP contribution in [-0.2, 0) is 16.8 Å². The molecule has 1 amide bonds. The van der Waals surface area contributed by atoms with Gasteiger partial charge in [-0.05, 0) is 48.6 Å². The smallest absolute Gasteiger partial charge is 0.209 e. The fraction of sp³-hybridized carbons (Fsp3) is 0.381. The number of hydrogen-bond donors (Lipinski definition) is 0. The van der Waals surface area contributed by atoms with Crippen molar-refractivity contribution in [3.8, 4) is 0 Å². The van der Waals surface area contributed by atoms with Crippen molar-refractivity contribution in [2.75, 3.05) is 24.5 Å². The van der Waals surface area contributed by atoms with Crippen LogP contribution in [0.1, 0.15) is 30.4 Å². The van der Waals surface area contributed by atoms with E-state index in [1.807, 2.05) is 23.1 Å². The summed E-state index contributed by atoms with van der Waals surface area (Å²) in [6, 6.07) is 14.6. The van der Waals surface area contributed by atoms with Gasteiger partial charge in [0.05, 0.1) is 10.0 Å². The van der Waals surface area contributed by atoms with Crippen LogP contribution in [0.3, 0.4) is 0 Å². The van der Waals surface area contributed by atoms with E-state index in [0.29, 0.717) is 10.0 Å². The van der Waals surface area contributed by atoms with Crippen molar-refractivity contribution in [3.63, 3.8) is 0 Å². The lowest BCUT2D eigenvalue weighted by Crippen LogP contribution is -2.34. The predicted octanol–water partition coefficient (Wildman–Crippen LogP) is 4.89. The van der Waals surface area contributed by atoms with Gasteiger partial charge in [0.1, 0.15) is 0 Å². The van der Waals surface area contributed by atoms with Crippen LogP contribution in [0, 0.1) is 0 Å². The Morgan fingerprint density at radius 3 is 2.69 bits per heavy atom. The van der Waals surface area contributed by atoms with E-state index in [2.05, 4.69) is 29.2 Å². The van der Waals surface area contributed by atoms with Crippen LogP contribution in [0.5, 0.6) is 0 Å². The average molecular weight is 389 g/mol. The first-order valence-corrected chi connectivity index (χ1v) is 9.85. The Morgan fingerprint density at radius 2 is 1.88 bits per heavy atom. The molecule has 1 saturated heterocycles. The van der Waals surface area contributed by atoms with Crippen LogP contribution in [0.25, 0.3) is 0 Å². The molecule has 0 bridgehead atoms. The number of rotatable bonds is 3. The molecule has 1 unspecified atom stereocenters. The standard InChI is InChI=1S/C21H22Cl2N2O/c22-18-7-6-16(12-19(18)23)13-25-14-21(17-4-1-2-5-20(17)25)8-3-10-24(15-26)11-9-21/h1-2,4-7,12,15H,3,8-11,13-14H2. The Kier molecular flexibility index (Phi) is 4.85. The van der Waals surface area contributed by atoms with E-state index in [-0.39, 0.29) is 5.41 Å². The van der Waals surface area contributed by atoms with E-state index in [1.54, 1.807) is 0 Å². The molecule has 0 saturated carbocycles. The van der Waals surface area contributed by atoms with E-state index in [1.165, 1.54) is 11.3 Å². The lowest BCUT2D eigenvalue weighted by atomic mass is 9.76. The fourth-order valence-electron chi connectivity index (χ4n) is 4.48. The van der Waals surface area contributed by atoms with E-state index in [4.69, 9.17) is 23.2 Å². The number of anilines is 1. The minimum absolute atomic E-state index is 0.130. The SMILES string of the molecule is O=CN1CCCC2(CC1)CN(Cc1ccc(Cl)c(Cl)c1)c1ccccc12. The maximum atomic E-state index is 11.2. The van der Waals surface area contributed by atoms with Gasteiger partial charge in [-0.1, -0.05) is 47.5 Å². The number of carbonyl (C=O) groups excluding carboxylic acids is 1. The maximum absolute atomic E-state index is 11.2. The second kappa shape index (κ2) is 7.13. The predicted molar refractivity (Wildman–Crippen MR) is 107 cm³/mol. The fourth-order valence-corrected chi connectivity index (χ4v) is 4.80. The summed E-state index contributed by atoms with van der Waals surface area (Å²) in [7, 11) is 0. The summed E-state index contributed by atoms with van der Waals surface area (Å²) in [5.41, 5.74) is 4.02. The molecule has 0 aliphatic carbocycles. The molecule has 2 aromatic rings. The number of amides is 1. The molecule has 5 heteroatoms. The highest BCUT2D eigenvalue weighted by Crippen LogP contribution is 2.47. The van der Waals surface area contributed by atoms with Crippen molar-refractivity contribution in [2.24, 2.45) is 0 Å². The molecule has 26 heavy (non-hydrogen) atoms.